The van der Waals surface area contributed by atoms with E-state index in [9.17, 15) is 22.7 Å². The molecule has 1 aromatic heterocycles. The van der Waals surface area contributed by atoms with Crippen LogP contribution in [0.2, 0.25) is 0 Å². The molecule has 0 saturated heterocycles. The first kappa shape index (κ1) is 16.6. The lowest BCUT2D eigenvalue weighted by Gasteiger charge is -2.10. The van der Waals surface area contributed by atoms with Gasteiger partial charge in [-0.3, -0.25) is 0 Å². The summed E-state index contributed by atoms with van der Waals surface area (Å²) in [6.45, 7) is 0.124. The van der Waals surface area contributed by atoms with Crippen LogP contribution in [-0.2, 0) is 6.54 Å². The molecule has 0 radical (unpaired) electrons. The first-order valence-corrected chi connectivity index (χ1v) is 7.03. The minimum atomic E-state index is -4.77. The largest absolute Gasteiger partial charge is 0.573 e. The number of fused-ring (bicyclic) bond motifs is 1. The van der Waals surface area contributed by atoms with E-state index in [4.69, 9.17) is 5.26 Å². The third-order valence-corrected chi connectivity index (χ3v) is 3.60. The molecule has 0 saturated carbocycles. The van der Waals surface area contributed by atoms with Gasteiger partial charge in [-0.1, -0.05) is 12.1 Å². The van der Waals surface area contributed by atoms with Crippen LogP contribution in [0.5, 0.6) is 11.6 Å². The van der Waals surface area contributed by atoms with Gasteiger partial charge in [-0.25, -0.2) is 4.39 Å². The summed E-state index contributed by atoms with van der Waals surface area (Å²) >= 11 is 0. The van der Waals surface area contributed by atoms with Crippen LogP contribution in [-0.4, -0.2) is 16.0 Å². The van der Waals surface area contributed by atoms with E-state index in [-0.39, 0.29) is 29.1 Å². The highest BCUT2D eigenvalue weighted by atomic mass is 19.4. The standard InChI is InChI=1S/C17H10F4N2O2/c18-14-6-3-11-9-23(16(24)15(11)13(14)7-22)8-10-1-4-12(5-2-10)25-17(19,20)21/h1-6,9,24H,8H2. The highest BCUT2D eigenvalue weighted by Crippen LogP contribution is 2.32. The van der Waals surface area contributed by atoms with E-state index in [0.29, 0.717) is 10.9 Å². The van der Waals surface area contributed by atoms with E-state index < -0.39 is 12.2 Å². The summed E-state index contributed by atoms with van der Waals surface area (Å²) in [5.41, 5.74) is 0.326. The molecule has 0 unspecified atom stereocenters. The monoisotopic (exact) mass is 350 g/mol. The van der Waals surface area contributed by atoms with Gasteiger partial charge in [0.25, 0.3) is 0 Å². The highest BCUT2D eigenvalue weighted by Gasteiger charge is 2.30. The fourth-order valence-corrected chi connectivity index (χ4v) is 2.54. The number of nitrogens with zero attached hydrogens (tertiary/aromatic N) is 2. The van der Waals surface area contributed by atoms with Crippen LogP contribution in [0.25, 0.3) is 10.8 Å². The van der Waals surface area contributed by atoms with Crippen LogP contribution in [0, 0.1) is 17.1 Å². The molecule has 0 spiro atoms. The lowest BCUT2D eigenvalue weighted by atomic mass is 10.1. The Morgan fingerprint density at radius 2 is 1.80 bits per heavy atom. The molecule has 1 N–H and O–H groups in total. The summed E-state index contributed by atoms with van der Waals surface area (Å²) in [6.07, 6.45) is -3.24. The molecule has 25 heavy (non-hydrogen) atoms. The van der Waals surface area contributed by atoms with Crippen molar-refractivity contribution in [3.8, 4) is 17.7 Å². The smallest absolute Gasteiger partial charge is 0.494 e. The minimum Gasteiger partial charge on any atom is -0.494 e. The average molecular weight is 350 g/mol. The summed E-state index contributed by atoms with van der Waals surface area (Å²) in [4.78, 5) is 0. The zero-order chi connectivity index (χ0) is 18.2. The summed E-state index contributed by atoms with van der Waals surface area (Å²) in [6, 6.07) is 9.42. The van der Waals surface area contributed by atoms with Crippen molar-refractivity contribution in [1.82, 2.24) is 4.57 Å². The predicted molar refractivity (Wildman–Crippen MR) is 80.5 cm³/mol. The number of rotatable bonds is 3. The van der Waals surface area contributed by atoms with E-state index in [1.165, 1.54) is 29.0 Å². The third-order valence-electron chi connectivity index (χ3n) is 3.60. The molecule has 128 valence electrons. The summed E-state index contributed by atoms with van der Waals surface area (Å²) in [5.74, 6) is -1.38. The van der Waals surface area contributed by atoms with Gasteiger partial charge in [0.2, 0.25) is 5.88 Å². The Bertz CT molecular complexity index is 969. The lowest BCUT2D eigenvalue weighted by molar-refractivity contribution is -0.274. The van der Waals surface area contributed by atoms with E-state index in [1.54, 1.807) is 6.07 Å². The molecule has 0 fully saturated rings. The lowest BCUT2D eigenvalue weighted by Crippen LogP contribution is -2.17. The van der Waals surface area contributed by atoms with Gasteiger partial charge in [-0.15, -0.1) is 13.2 Å². The molecule has 0 bridgehead atoms. The number of halogens is 4. The van der Waals surface area contributed by atoms with Gasteiger partial charge in [0.1, 0.15) is 23.2 Å². The molecular weight excluding hydrogens is 340 g/mol. The maximum atomic E-state index is 13.7. The van der Waals surface area contributed by atoms with Crippen molar-refractivity contribution in [3.63, 3.8) is 0 Å². The van der Waals surface area contributed by atoms with Crippen molar-refractivity contribution in [3.05, 3.63) is 59.5 Å². The number of nitriles is 1. The normalized spacial score (nSPS) is 11.5. The molecule has 0 aliphatic rings. The first-order chi connectivity index (χ1) is 11.8. The van der Waals surface area contributed by atoms with Crippen LogP contribution >= 0.6 is 0 Å². The summed E-state index contributed by atoms with van der Waals surface area (Å²) in [5, 5.41) is 19.9. The van der Waals surface area contributed by atoms with Crippen LogP contribution < -0.4 is 4.74 Å². The van der Waals surface area contributed by atoms with Crippen molar-refractivity contribution in [2.24, 2.45) is 0 Å². The Hall–Kier alpha value is -3.21. The molecule has 0 aliphatic carbocycles. The van der Waals surface area contributed by atoms with Gasteiger partial charge in [0.15, 0.2) is 0 Å². The summed E-state index contributed by atoms with van der Waals surface area (Å²) < 4.78 is 55.3. The predicted octanol–water partition coefficient (Wildman–Crippen LogP) is 4.30. The third kappa shape index (κ3) is 3.35. The Morgan fingerprint density at radius 3 is 2.40 bits per heavy atom. The second-order valence-electron chi connectivity index (χ2n) is 5.27. The number of alkyl halides is 3. The van der Waals surface area contributed by atoms with Crippen molar-refractivity contribution < 1.29 is 27.4 Å². The molecule has 3 aromatic rings. The SMILES string of the molecule is N#Cc1c(F)ccc2cn(Cc3ccc(OC(F)(F)F)cc3)c(O)c12. The zero-order valence-electron chi connectivity index (χ0n) is 12.5. The number of aromatic nitrogens is 1. The Balaban J connectivity index is 1.91. The number of ether oxygens (including phenoxy) is 1. The van der Waals surface area contributed by atoms with Gasteiger partial charge in [-0.2, -0.15) is 5.26 Å². The Labute approximate surface area is 139 Å². The highest BCUT2D eigenvalue weighted by molar-refractivity contribution is 5.93. The van der Waals surface area contributed by atoms with E-state index in [1.807, 2.05) is 0 Å². The molecule has 0 aliphatic heterocycles. The quantitative estimate of drug-likeness (QED) is 0.717. The molecule has 0 atom stereocenters. The number of hydrogen-bond donors (Lipinski definition) is 1. The molecule has 8 heteroatoms. The van der Waals surface area contributed by atoms with Crippen molar-refractivity contribution in [2.75, 3.05) is 0 Å². The average Bonchev–Trinajstić information content (AvgIpc) is 2.85. The maximum Gasteiger partial charge on any atom is 0.573 e. The number of hydrogen-bond acceptors (Lipinski definition) is 3. The maximum absolute atomic E-state index is 13.7. The van der Waals surface area contributed by atoms with Crippen molar-refractivity contribution in [2.45, 2.75) is 12.9 Å². The van der Waals surface area contributed by atoms with Crippen LogP contribution in [0.15, 0.2) is 42.6 Å². The zero-order valence-corrected chi connectivity index (χ0v) is 12.5. The number of benzene rings is 2. The second kappa shape index (κ2) is 6.02. The fourth-order valence-electron chi connectivity index (χ4n) is 2.54. The molecule has 1 heterocycles. The molecule has 4 nitrogen and oxygen atoms in total. The molecule has 3 rings (SSSR count). The second-order valence-corrected chi connectivity index (χ2v) is 5.27. The van der Waals surface area contributed by atoms with Crippen LogP contribution in [0.3, 0.4) is 0 Å². The number of aromatic hydroxyl groups is 1. The van der Waals surface area contributed by atoms with Gasteiger partial charge >= 0.3 is 6.36 Å². The van der Waals surface area contributed by atoms with E-state index in [2.05, 4.69) is 4.74 Å². The van der Waals surface area contributed by atoms with Crippen LogP contribution in [0.1, 0.15) is 11.1 Å². The van der Waals surface area contributed by atoms with E-state index in [0.717, 1.165) is 18.2 Å². The first-order valence-electron chi connectivity index (χ1n) is 7.03. The van der Waals surface area contributed by atoms with Gasteiger partial charge < -0.3 is 14.4 Å². The Morgan fingerprint density at radius 1 is 1.12 bits per heavy atom. The molecular formula is C17H10F4N2O2. The fraction of sp³-hybridized carbons (Fsp3) is 0.118. The van der Waals surface area contributed by atoms with Gasteiger partial charge in [0.05, 0.1) is 11.9 Å². The topological polar surface area (TPSA) is 58.2 Å². The molecule has 2 aromatic carbocycles. The van der Waals surface area contributed by atoms with Gasteiger partial charge in [-0.05, 0) is 29.8 Å². The summed E-state index contributed by atoms with van der Waals surface area (Å²) in [7, 11) is 0. The van der Waals surface area contributed by atoms with Gasteiger partial charge in [0, 0.05) is 11.6 Å². The van der Waals surface area contributed by atoms with Crippen molar-refractivity contribution >= 4 is 10.8 Å². The minimum absolute atomic E-state index is 0.0968. The van der Waals surface area contributed by atoms with E-state index >= 15 is 0 Å². The van der Waals surface area contributed by atoms with Crippen LogP contribution in [0.4, 0.5) is 17.6 Å². The Kier molecular flexibility index (Phi) is 4.00. The molecule has 0 amide bonds. The van der Waals surface area contributed by atoms with Crippen molar-refractivity contribution in [1.29, 1.82) is 5.26 Å².